The Morgan fingerprint density at radius 2 is 2.00 bits per heavy atom. The lowest BCUT2D eigenvalue weighted by Gasteiger charge is -2.32. The molecule has 0 unspecified atom stereocenters. The molecule has 0 aromatic heterocycles. The third-order valence-electron chi connectivity index (χ3n) is 6.16. The Morgan fingerprint density at radius 3 is 2.71 bits per heavy atom. The zero-order valence-electron chi connectivity index (χ0n) is 18.5. The molecule has 2 aliphatic heterocycles. The van der Waals surface area contributed by atoms with Crippen molar-refractivity contribution < 1.29 is 22.4 Å². The van der Waals surface area contributed by atoms with Crippen LogP contribution >= 0.6 is 27.5 Å². The zero-order chi connectivity index (χ0) is 24.6. The van der Waals surface area contributed by atoms with Gasteiger partial charge in [0.2, 0.25) is 21.8 Å². The second-order valence-corrected chi connectivity index (χ2v) is 11.6. The molecule has 1 saturated heterocycles. The fraction of sp³-hybridized carbons (Fsp3) is 0.391. The number of hydrogen-bond donors (Lipinski definition) is 1. The second kappa shape index (κ2) is 9.93. The third kappa shape index (κ3) is 4.86. The van der Waals surface area contributed by atoms with E-state index in [2.05, 4.69) is 21.2 Å². The lowest BCUT2D eigenvalue weighted by molar-refractivity contribution is -0.121. The molecule has 0 saturated carbocycles. The zero-order valence-corrected chi connectivity index (χ0v) is 21.6. The van der Waals surface area contributed by atoms with E-state index in [4.69, 9.17) is 11.6 Å². The van der Waals surface area contributed by atoms with Crippen molar-refractivity contribution in [2.75, 3.05) is 29.9 Å². The smallest absolute Gasteiger partial charge is 0.245 e. The number of piperidine rings is 1. The van der Waals surface area contributed by atoms with Crippen LogP contribution in [0, 0.1) is 11.7 Å². The van der Waals surface area contributed by atoms with Gasteiger partial charge >= 0.3 is 0 Å². The number of carbonyl (C=O) groups is 2. The van der Waals surface area contributed by atoms with Gasteiger partial charge in [0.25, 0.3) is 0 Å². The van der Waals surface area contributed by atoms with Crippen LogP contribution in [0.4, 0.5) is 15.8 Å². The first-order chi connectivity index (χ1) is 16.1. The van der Waals surface area contributed by atoms with Gasteiger partial charge in [-0.25, -0.2) is 12.8 Å². The molecule has 182 valence electrons. The molecule has 2 aliphatic rings. The number of sulfonamides is 1. The van der Waals surface area contributed by atoms with Crippen LogP contribution in [0.5, 0.6) is 0 Å². The highest BCUT2D eigenvalue weighted by atomic mass is 79.9. The van der Waals surface area contributed by atoms with Crippen LogP contribution in [0.3, 0.4) is 0 Å². The summed E-state index contributed by atoms with van der Waals surface area (Å²) in [6.45, 7) is 2.45. The van der Waals surface area contributed by atoms with Crippen molar-refractivity contribution in [2.45, 2.75) is 37.5 Å². The van der Waals surface area contributed by atoms with Gasteiger partial charge in [-0.2, -0.15) is 4.31 Å². The van der Waals surface area contributed by atoms with Gasteiger partial charge in [-0.3, -0.25) is 9.59 Å². The van der Waals surface area contributed by atoms with E-state index in [9.17, 15) is 22.4 Å². The number of benzene rings is 2. The number of nitrogens with one attached hydrogen (secondary N) is 1. The average Bonchev–Trinajstić information content (AvgIpc) is 3.23. The van der Waals surface area contributed by atoms with E-state index >= 15 is 0 Å². The van der Waals surface area contributed by atoms with Crippen molar-refractivity contribution >= 4 is 60.7 Å². The fourth-order valence-electron chi connectivity index (χ4n) is 4.45. The maximum absolute atomic E-state index is 13.7. The summed E-state index contributed by atoms with van der Waals surface area (Å²) in [6, 6.07) is 7.03. The van der Waals surface area contributed by atoms with Gasteiger partial charge in [0, 0.05) is 30.5 Å². The largest absolute Gasteiger partial charge is 0.324 e. The summed E-state index contributed by atoms with van der Waals surface area (Å²) in [4.78, 5) is 27.0. The van der Waals surface area contributed by atoms with Crippen molar-refractivity contribution in [2.24, 2.45) is 5.92 Å². The van der Waals surface area contributed by atoms with Gasteiger partial charge in [0.05, 0.1) is 22.3 Å². The molecule has 2 amide bonds. The summed E-state index contributed by atoms with van der Waals surface area (Å²) >= 11 is 9.42. The number of amides is 2. The number of hydrogen-bond acceptors (Lipinski definition) is 4. The van der Waals surface area contributed by atoms with E-state index in [1.165, 1.54) is 22.5 Å². The maximum Gasteiger partial charge on any atom is 0.245 e. The average molecular weight is 573 g/mol. The molecule has 34 heavy (non-hydrogen) atoms. The molecule has 0 radical (unpaired) electrons. The van der Waals surface area contributed by atoms with Crippen LogP contribution in [0.1, 0.15) is 31.7 Å². The van der Waals surface area contributed by atoms with Gasteiger partial charge in [0.15, 0.2) is 0 Å². The first-order valence-electron chi connectivity index (χ1n) is 11.0. The van der Waals surface area contributed by atoms with E-state index in [0.29, 0.717) is 36.0 Å². The molecule has 0 aliphatic carbocycles. The fourth-order valence-corrected chi connectivity index (χ4v) is 7.10. The summed E-state index contributed by atoms with van der Waals surface area (Å²) < 4.78 is 42.7. The molecule has 1 atom stereocenters. The number of carbonyl (C=O) groups excluding carboxylic acids is 2. The summed E-state index contributed by atoms with van der Waals surface area (Å²) in [5.41, 5.74) is 1.50. The van der Waals surface area contributed by atoms with E-state index in [-0.39, 0.29) is 46.9 Å². The molecular formula is C23H24BrClFN3O4S. The molecule has 2 heterocycles. The molecule has 11 heteroatoms. The lowest BCUT2D eigenvalue weighted by Crippen LogP contribution is -2.44. The summed E-state index contributed by atoms with van der Waals surface area (Å²) in [5.74, 6) is -1.63. The monoisotopic (exact) mass is 571 g/mol. The summed E-state index contributed by atoms with van der Waals surface area (Å²) in [6.07, 6.45) is 1.86. The van der Waals surface area contributed by atoms with E-state index in [1.807, 2.05) is 6.07 Å². The Labute approximate surface area is 211 Å². The van der Waals surface area contributed by atoms with E-state index in [0.717, 1.165) is 11.6 Å². The highest BCUT2D eigenvalue weighted by Crippen LogP contribution is 2.40. The van der Waals surface area contributed by atoms with Crippen molar-refractivity contribution in [3.05, 3.63) is 51.2 Å². The predicted molar refractivity (Wildman–Crippen MR) is 132 cm³/mol. The Kier molecular flexibility index (Phi) is 7.33. The van der Waals surface area contributed by atoms with Gasteiger partial charge < -0.3 is 10.2 Å². The van der Waals surface area contributed by atoms with Crippen molar-refractivity contribution in [3.63, 3.8) is 0 Å². The Morgan fingerprint density at radius 1 is 1.24 bits per heavy atom. The number of nitrogens with zero attached hydrogens (tertiary/aromatic N) is 2. The van der Waals surface area contributed by atoms with Crippen LogP contribution < -0.4 is 10.2 Å². The van der Waals surface area contributed by atoms with E-state index < -0.39 is 21.8 Å². The number of halogens is 3. The minimum atomic E-state index is -3.98. The molecular weight excluding hydrogens is 549 g/mol. The molecule has 0 spiro atoms. The predicted octanol–water partition coefficient (Wildman–Crippen LogP) is 4.58. The van der Waals surface area contributed by atoms with Crippen LogP contribution in [0.2, 0.25) is 5.02 Å². The SMILES string of the molecule is CCC(=O)N1CCc2cc(Br)cc(S(=O)(=O)N3CCC[C@@H](C(=O)Nc4ccc(F)cc4Cl)C3)c21. The number of rotatable bonds is 5. The molecule has 4 rings (SSSR count). The molecule has 2 aromatic rings. The highest BCUT2D eigenvalue weighted by molar-refractivity contribution is 9.10. The minimum absolute atomic E-state index is 0.00398. The normalized spacial score (nSPS) is 18.6. The van der Waals surface area contributed by atoms with Crippen LogP contribution in [0.25, 0.3) is 0 Å². The van der Waals surface area contributed by atoms with Gasteiger partial charge in [-0.05, 0) is 55.2 Å². The van der Waals surface area contributed by atoms with Crippen molar-refractivity contribution in [3.8, 4) is 0 Å². The minimum Gasteiger partial charge on any atom is -0.324 e. The van der Waals surface area contributed by atoms with Crippen molar-refractivity contribution in [1.82, 2.24) is 4.31 Å². The van der Waals surface area contributed by atoms with E-state index in [1.54, 1.807) is 11.8 Å². The Bertz CT molecular complexity index is 1260. The topological polar surface area (TPSA) is 86.8 Å². The highest BCUT2D eigenvalue weighted by Gasteiger charge is 2.38. The number of fused-ring (bicyclic) bond motifs is 1. The van der Waals surface area contributed by atoms with Crippen LogP contribution in [0.15, 0.2) is 39.7 Å². The van der Waals surface area contributed by atoms with Crippen molar-refractivity contribution in [1.29, 1.82) is 0 Å². The summed E-state index contributed by atoms with van der Waals surface area (Å²) in [7, 11) is -3.98. The van der Waals surface area contributed by atoms with Gasteiger partial charge in [0.1, 0.15) is 10.7 Å². The first-order valence-corrected chi connectivity index (χ1v) is 13.6. The van der Waals surface area contributed by atoms with Gasteiger partial charge in [-0.15, -0.1) is 0 Å². The van der Waals surface area contributed by atoms with Gasteiger partial charge in [-0.1, -0.05) is 34.5 Å². The maximum atomic E-state index is 13.7. The lowest BCUT2D eigenvalue weighted by atomic mass is 9.98. The first kappa shape index (κ1) is 25.1. The van der Waals surface area contributed by atoms with Crippen LogP contribution in [-0.4, -0.2) is 44.2 Å². The molecule has 1 fully saturated rings. The quantitative estimate of drug-likeness (QED) is 0.568. The molecule has 1 N–H and O–H groups in total. The molecule has 7 nitrogen and oxygen atoms in total. The van der Waals surface area contributed by atoms with Crippen LogP contribution in [-0.2, 0) is 26.0 Å². The summed E-state index contributed by atoms with van der Waals surface area (Å²) in [5, 5.41) is 2.75. The number of anilines is 2. The third-order valence-corrected chi connectivity index (χ3v) is 8.81. The Hall–Kier alpha value is -2.01. The molecule has 0 bridgehead atoms. The standard InChI is InChI=1S/C23H24BrClFN3O4S/c1-2-21(30)29-9-7-14-10-16(24)11-20(22(14)29)34(32,33)28-8-3-4-15(13-28)23(31)27-19-6-5-17(26)12-18(19)25/h5-6,10-12,15H,2-4,7-9,13H2,1H3,(H,27,31)/t15-/m1/s1. The molecule has 2 aromatic carbocycles. The second-order valence-electron chi connectivity index (χ2n) is 8.38. The Balaban J connectivity index is 1.60.